The van der Waals surface area contributed by atoms with Crippen molar-refractivity contribution in [3.8, 4) is 11.5 Å². The molecule has 2 aromatic carbocycles. The monoisotopic (exact) mass is 313 g/mol. The van der Waals surface area contributed by atoms with Crippen molar-refractivity contribution in [1.29, 1.82) is 0 Å². The minimum absolute atomic E-state index is 0.0705. The van der Waals surface area contributed by atoms with E-state index in [4.69, 9.17) is 9.47 Å². The molecule has 6 nitrogen and oxygen atoms in total. The average molecular weight is 313 g/mol. The summed E-state index contributed by atoms with van der Waals surface area (Å²) in [7, 11) is 2.68. The summed E-state index contributed by atoms with van der Waals surface area (Å²) in [4.78, 5) is 22.6. The van der Waals surface area contributed by atoms with Gasteiger partial charge in [0, 0.05) is 5.56 Å². The molecule has 118 valence electrons. The fraction of sp³-hybridized carbons (Fsp3) is 0.118. The molecule has 0 aliphatic heterocycles. The van der Waals surface area contributed by atoms with Gasteiger partial charge in [-0.1, -0.05) is 36.4 Å². The van der Waals surface area contributed by atoms with Crippen LogP contribution in [0, 0.1) is 10.1 Å². The number of nitro benzene ring substituents is 1. The zero-order valence-corrected chi connectivity index (χ0v) is 12.7. The molecule has 0 amide bonds. The molecular formula is C17H15NO5. The Balaban J connectivity index is 2.35. The second kappa shape index (κ2) is 7.22. The Morgan fingerprint density at radius 1 is 1.09 bits per heavy atom. The lowest BCUT2D eigenvalue weighted by molar-refractivity contribution is -0.386. The minimum Gasteiger partial charge on any atom is -0.490 e. The lowest BCUT2D eigenvalue weighted by atomic mass is 10.1. The maximum Gasteiger partial charge on any atom is 0.352 e. The second-order valence-electron chi connectivity index (χ2n) is 4.59. The molecule has 0 N–H and O–H groups in total. The fourth-order valence-electron chi connectivity index (χ4n) is 2.06. The summed E-state index contributed by atoms with van der Waals surface area (Å²) in [5.74, 6) is -0.0239. The highest BCUT2D eigenvalue weighted by Crippen LogP contribution is 2.38. The second-order valence-corrected chi connectivity index (χ2v) is 4.59. The zero-order valence-electron chi connectivity index (χ0n) is 12.7. The zero-order chi connectivity index (χ0) is 16.8. The third kappa shape index (κ3) is 3.74. The molecule has 0 aliphatic rings. The highest BCUT2D eigenvalue weighted by atomic mass is 16.6. The maximum absolute atomic E-state index is 12.0. The van der Waals surface area contributed by atoms with Gasteiger partial charge in [0.15, 0.2) is 5.78 Å². The Labute approximate surface area is 133 Å². The van der Waals surface area contributed by atoms with Crippen LogP contribution in [0.3, 0.4) is 0 Å². The highest BCUT2D eigenvalue weighted by molar-refractivity contribution is 6.06. The van der Waals surface area contributed by atoms with Crippen LogP contribution in [0.1, 0.15) is 15.9 Å². The number of ketones is 1. The number of hydrogen-bond donors (Lipinski definition) is 0. The minimum atomic E-state index is -0.569. The number of allylic oxidation sites excluding steroid dienone is 1. The van der Waals surface area contributed by atoms with Crippen LogP contribution in [0.4, 0.5) is 5.69 Å². The standard InChI is InChI=1S/C17H15NO5/c1-22-15-10-12(11-16(23-2)17(15)18(20)21)8-9-14(19)13-6-4-3-5-7-13/h3-11H,1-2H3/b9-8+. The van der Waals surface area contributed by atoms with E-state index in [1.807, 2.05) is 6.07 Å². The number of nitro groups is 1. The predicted molar refractivity (Wildman–Crippen MR) is 86.0 cm³/mol. The van der Waals surface area contributed by atoms with Gasteiger partial charge in [-0.3, -0.25) is 14.9 Å². The number of nitrogens with zero attached hydrogens (tertiary/aromatic N) is 1. The first-order valence-corrected chi connectivity index (χ1v) is 6.74. The van der Waals surface area contributed by atoms with Crippen LogP contribution in [0.15, 0.2) is 48.5 Å². The van der Waals surface area contributed by atoms with Crippen LogP contribution in [0.5, 0.6) is 11.5 Å². The summed E-state index contributed by atoms with van der Waals surface area (Å²) in [6.07, 6.45) is 2.96. The molecule has 0 aromatic heterocycles. The molecule has 0 saturated heterocycles. The molecule has 2 rings (SSSR count). The highest BCUT2D eigenvalue weighted by Gasteiger charge is 2.22. The number of ether oxygens (including phenoxy) is 2. The van der Waals surface area contributed by atoms with E-state index in [0.717, 1.165) is 0 Å². The quantitative estimate of drug-likeness (QED) is 0.353. The van der Waals surface area contributed by atoms with Crippen molar-refractivity contribution >= 4 is 17.5 Å². The van der Waals surface area contributed by atoms with E-state index in [-0.39, 0.29) is 23.0 Å². The molecule has 23 heavy (non-hydrogen) atoms. The molecule has 0 heterocycles. The van der Waals surface area contributed by atoms with Gasteiger partial charge in [0.25, 0.3) is 0 Å². The van der Waals surface area contributed by atoms with Gasteiger partial charge < -0.3 is 9.47 Å². The number of rotatable bonds is 6. The predicted octanol–water partition coefficient (Wildman–Crippen LogP) is 3.51. The van der Waals surface area contributed by atoms with Gasteiger partial charge in [0.05, 0.1) is 19.1 Å². The SMILES string of the molecule is COc1cc(/C=C/C(=O)c2ccccc2)cc(OC)c1[N+](=O)[O-]. The normalized spacial score (nSPS) is 10.5. The van der Waals surface area contributed by atoms with Crippen LogP contribution in [-0.4, -0.2) is 24.9 Å². The Morgan fingerprint density at radius 3 is 2.13 bits per heavy atom. The number of carbonyl (C=O) groups excluding carboxylic acids is 1. The van der Waals surface area contributed by atoms with Crippen molar-refractivity contribution < 1.29 is 19.2 Å². The summed E-state index contributed by atoms with van der Waals surface area (Å²) >= 11 is 0. The molecule has 6 heteroatoms. The van der Waals surface area contributed by atoms with Crippen molar-refractivity contribution in [2.24, 2.45) is 0 Å². The third-order valence-electron chi connectivity index (χ3n) is 3.17. The number of hydrogen-bond acceptors (Lipinski definition) is 5. The van der Waals surface area contributed by atoms with E-state index in [1.54, 1.807) is 30.3 Å². The Hall–Kier alpha value is -3.15. The topological polar surface area (TPSA) is 78.7 Å². The van der Waals surface area contributed by atoms with Gasteiger partial charge in [0.1, 0.15) is 0 Å². The van der Waals surface area contributed by atoms with Crippen LogP contribution in [-0.2, 0) is 0 Å². The Bertz CT molecular complexity index is 728. The van der Waals surface area contributed by atoms with E-state index < -0.39 is 4.92 Å². The molecule has 0 radical (unpaired) electrons. The molecule has 0 unspecified atom stereocenters. The number of benzene rings is 2. The average Bonchev–Trinajstić information content (AvgIpc) is 2.59. The Morgan fingerprint density at radius 2 is 1.65 bits per heavy atom. The van der Waals surface area contributed by atoms with E-state index in [1.165, 1.54) is 32.4 Å². The van der Waals surface area contributed by atoms with Crippen molar-refractivity contribution in [3.63, 3.8) is 0 Å². The number of methoxy groups -OCH3 is 2. The summed E-state index contributed by atoms with van der Waals surface area (Å²) < 4.78 is 10.1. The van der Waals surface area contributed by atoms with Gasteiger partial charge in [-0.25, -0.2) is 0 Å². The summed E-state index contributed by atoms with van der Waals surface area (Å²) in [5, 5.41) is 11.1. The van der Waals surface area contributed by atoms with Gasteiger partial charge >= 0.3 is 5.69 Å². The first kappa shape index (κ1) is 16.2. The van der Waals surface area contributed by atoms with Crippen LogP contribution < -0.4 is 9.47 Å². The van der Waals surface area contributed by atoms with Gasteiger partial charge in [-0.2, -0.15) is 0 Å². The largest absolute Gasteiger partial charge is 0.490 e. The summed E-state index contributed by atoms with van der Waals surface area (Å²) in [6, 6.07) is 11.8. The van der Waals surface area contributed by atoms with Gasteiger partial charge in [-0.05, 0) is 23.8 Å². The lowest BCUT2D eigenvalue weighted by Crippen LogP contribution is -1.98. The van der Waals surface area contributed by atoms with Crippen molar-refractivity contribution in [2.75, 3.05) is 14.2 Å². The van der Waals surface area contributed by atoms with E-state index >= 15 is 0 Å². The van der Waals surface area contributed by atoms with Crippen molar-refractivity contribution in [1.82, 2.24) is 0 Å². The Kier molecular flexibility index (Phi) is 5.09. The summed E-state index contributed by atoms with van der Waals surface area (Å²) in [5.41, 5.74) is 0.875. The van der Waals surface area contributed by atoms with Crippen molar-refractivity contribution in [3.05, 3.63) is 69.8 Å². The summed E-state index contributed by atoms with van der Waals surface area (Å²) in [6.45, 7) is 0. The first-order chi connectivity index (χ1) is 11.1. The lowest BCUT2D eigenvalue weighted by Gasteiger charge is -2.07. The molecule has 2 aromatic rings. The third-order valence-corrected chi connectivity index (χ3v) is 3.17. The molecule has 0 bridgehead atoms. The van der Waals surface area contributed by atoms with Crippen LogP contribution in [0.2, 0.25) is 0 Å². The fourth-order valence-corrected chi connectivity index (χ4v) is 2.06. The first-order valence-electron chi connectivity index (χ1n) is 6.74. The van der Waals surface area contributed by atoms with E-state index in [9.17, 15) is 14.9 Å². The van der Waals surface area contributed by atoms with Gasteiger partial charge in [0.2, 0.25) is 11.5 Å². The molecule has 0 saturated carbocycles. The van der Waals surface area contributed by atoms with Crippen LogP contribution in [0.25, 0.3) is 6.08 Å². The molecule has 0 aliphatic carbocycles. The molecule has 0 spiro atoms. The van der Waals surface area contributed by atoms with Crippen LogP contribution >= 0.6 is 0 Å². The number of carbonyl (C=O) groups is 1. The maximum atomic E-state index is 12.0. The molecular weight excluding hydrogens is 298 g/mol. The van der Waals surface area contributed by atoms with E-state index in [2.05, 4.69) is 0 Å². The molecule has 0 fully saturated rings. The van der Waals surface area contributed by atoms with Gasteiger partial charge in [-0.15, -0.1) is 0 Å². The van der Waals surface area contributed by atoms with Crippen molar-refractivity contribution in [2.45, 2.75) is 0 Å². The smallest absolute Gasteiger partial charge is 0.352 e. The van der Waals surface area contributed by atoms with E-state index in [0.29, 0.717) is 11.1 Å². The molecule has 0 atom stereocenters.